The highest BCUT2D eigenvalue weighted by Gasteiger charge is 2.63. The summed E-state index contributed by atoms with van der Waals surface area (Å²) in [5.74, 6) is -3.04. The first-order valence-corrected chi connectivity index (χ1v) is 23.0. The van der Waals surface area contributed by atoms with Crippen LogP contribution in [-0.4, -0.2) is 144 Å². The molecular weight excluding hydrogens is 817 g/mol. The molecule has 4 fully saturated rings. The number of esters is 1. The van der Waals surface area contributed by atoms with E-state index in [2.05, 4.69) is 32.9 Å². The number of rotatable bonds is 8. The van der Waals surface area contributed by atoms with Gasteiger partial charge in [0.15, 0.2) is 24.7 Å². The third-order valence-corrected chi connectivity index (χ3v) is 14.6. The van der Waals surface area contributed by atoms with Crippen LogP contribution < -0.4 is 0 Å². The Labute approximate surface area is 372 Å². The number of ether oxygens (including phenoxy) is 10. The van der Waals surface area contributed by atoms with E-state index in [1.807, 2.05) is 32.9 Å². The van der Waals surface area contributed by atoms with Crippen molar-refractivity contribution >= 4 is 5.97 Å². The summed E-state index contributed by atoms with van der Waals surface area (Å²) >= 11 is 0. The van der Waals surface area contributed by atoms with E-state index in [0.717, 1.165) is 12.0 Å². The lowest BCUT2D eigenvalue weighted by atomic mass is 9.70. The maximum Gasteiger partial charge on any atom is 0.316 e. The summed E-state index contributed by atoms with van der Waals surface area (Å²) in [5, 5.41) is 45.5. The van der Waals surface area contributed by atoms with Crippen LogP contribution in [0.3, 0.4) is 0 Å². The van der Waals surface area contributed by atoms with E-state index in [0.29, 0.717) is 31.3 Å². The van der Waals surface area contributed by atoms with Gasteiger partial charge in [0, 0.05) is 57.3 Å². The van der Waals surface area contributed by atoms with Crippen molar-refractivity contribution in [3.8, 4) is 0 Å². The Morgan fingerprint density at radius 1 is 0.857 bits per heavy atom. The summed E-state index contributed by atoms with van der Waals surface area (Å²) in [6.07, 6.45) is 5.19. The van der Waals surface area contributed by atoms with Crippen LogP contribution in [0.1, 0.15) is 93.9 Å². The topological polar surface area (TPSA) is 190 Å². The van der Waals surface area contributed by atoms with Gasteiger partial charge in [-0.2, -0.15) is 0 Å². The molecule has 0 radical (unpaired) electrons. The van der Waals surface area contributed by atoms with Gasteiger partial charge in [-0.3, -0.25) is 4.79 Å². The van der Waals surface area contributed by atoms with Crippen molar-refractivity contribution in [1.82, 2.24) is 0 Å². The number of aliphatic hydroxyl groups is 4. The van der Waals surface area contributed by atoms with Crippen LogP contribution in [0, 0.1) is 23.7 Å². The minimum Gasteiger partial charge on any atom is -0.462 e. The molecular formula is C48H72O15. The lowest BCUT2D eigenvalue weighted by Crippen LogP contribution is -2.58. The molecule has 2 bridgehead atoms. The summed E-state index contributed by atoms with van der Waals surface area (Å²) in [6, 6.07) is 0. The molecule has 4 saturated heterocycles. The molecule has 0 aromatic rings. The summed E-state index contributed by atoms with van der Waals surface area (Å²) in [7, 11) is 3.19. The fraction of sp³-hybridized carbons (Fsp3) is 0.771. The van der Waals surface area contributed by atoms with Gasteiger partial charge in [0.2, 0.25) is 0 Å². The number of carbonyl (C=O) groups excluding carboxylic acids is 1. The first kappa shape index (κ1) is 48.6. The largest absolute Gasteiger partial charge is 0.462 e. The average Bonchev–Trinajstić information content (AvgIpc) is 3.51. The Morgan fingerprint density at radius 2 is 1.56 bits per heavy atom. The fourth-order valence-corrected chi connectivity index (χ4v) is 10.6. The van der Waals surface area contributed by atoms with Gasteiger partial charge in [-0.15, -0.1) is 0 Å². The van der Waals surface area contributed by atoms with Crippen molar-refractivity contribution in [1.29, 1.82) is 0 Å². The van der Waals surface area contributed by atoms with E-state index in [1.54, 1.807) is 40.2 Å². The van der Waals surface area contributed by atoms with Crippen LogP contribution >= 0.6 is 0 Å². The molecule has 7 rings (SSSR count). The van der Waals surface area contributed by atoms with Crippen LogP contribution in [0.15, 0.2) is 59.3 Å². The summed E-state index contributed by atoms with van der Waals surface area (Å²) < 4.78 is 63.3. The van der Waals surface area contributed by atoms with E-state index in [9.17, 15) is 25.2 Å². The van der Waals surface area contributed by atoms with Crippen molar-refractivity contribution in [2.75, 3.05) is 14.2 Å². The molecule has 6 heterocycles. The molecule has 21 atom stereocenters. The van der Waals surface area contributed by atoms with E-state index in [4.69, 9.17) is 47.4 Å². The summed E-state index contributed by atoms with van der Waals surface area (Å²) in [5.41, 5.74) is -0.749. The zero-order chi connectivity index (χ0) is 45.5. The summed E-state index contributed by atoms with van der Waals surface area (Å²) in [4.78, 5) is 14.4. The van der Waals surface area contributed by atoms with Gasteiger partial charge >= 0.3 is 5.97 Å². The Kier molecular flexibility index (Phi) is 15.3. The van der Waals surface area contributed by atoms with Gasteiger partial charge in [-0.25, -0.2) is 0 Å². The van der Waals surface area contributed by atoms with Crippen LogP contribution in [0.25, 0.3) is 0 Å². The van der Waals surface area contributed by atoms with Gasteiger partial charge in [0.1, 0.15) is 42.0 Å². The first-order valence-electron chi connectivity index (χ1n) is 23.0. The van der Waals surface area contributed by atoms with Crippen LogP contribution in [0.2, 0.25) is 0 Å². The highest BCUT2D eigenvalue weighted by molar-refractivity contribution is 5.78. The zero-order valence-electron chi connectivity index (χ0n) is 38.5. The number of allylic oxidation sites excluding steroid dienone is 2. The Hall–Kier alpha value is -2.35. The third-order valence-electron chi connectivity index (χ3n) is 14.6. The number of fused-ring (bicyclic) bond motifs is 2. The van der Waals surface area contributed by atoms with Crippen LogP contribution in [0.4, 0.5) is 0 Å². The van der Waals surface area contributed by atoms with E-state index < -0.39 is 109 Å². The number of hydrogen-bond acceptors (Lipinski definition) is 15. The van der Waals surface area contributed by atoms with Crippen molar-refractivity contribution in [3.63, 3.8) is 0 Å². The van der Waals surface area contributed by atoms with Gasteiger partial charge in [0.05, 0.1) is 42.7 Å². The van der Waals surface area contributed by atoms with Gasteiger partial charge in [-0.1, -0.05) is 70.6 Å². The molecule has 1 unspecified atom stereocenters. The molecule has 0 amide bonds. The molecule has 0 aromatic carbocycles. The lowest BCUT2D eigenvalue weighted by molar-refractivity contribution is -0.318. The molecule has 1 aliphatic carbocycles. The van der Waals surface area contributed by atoms with Crippen LogP contribution in [-0.2, 0) is 52.2 Å². The summed E-state index contributed by atoms with van der Waals surface area (Å²) in [6.45, 7) is 15.8. The highest BCUT2D eigenvalue weighted by Crippen LogP contribution is 2.49. The predicted molar refractivity (Wildman–Crippen MR) is 228 cm³/mol. The molecule has 6 aliphatic heterocycles. The smallest absolute Gasteiger partial charge is 0.316 e. The Bertz CT molecular complexity index is 1760. The minimum absolute atomic E-state index is 0.0314. The second-order valence-corrected chi connectivity index (χ2v) is 19.1. The SMILES string of the molecule is CC[C@H](C)[C@H]1O[C@]2(C=C[C@@H]1C)C[C@@H]1C[C@@H](C/C=C(/C)[C@@H](O[C@H]3C[C@H](OC)[C@@H](O[C@H]4C[C@H](OC)[C@@H](O)[C@H](C)O4)[C@H](C)O3)[C@@H](C)/C=C\C=C3\C(O)O[C@@H]4[C@H](O)C(C)=C[C@@H](C(=O)O1)[C@]34O)O2. The standard InChI is InChI=1S/C48H72O15/c1-11-24(2)42-27(5)17-18-47(63-42)23-32-20-31(62-47)16-15-26(4)41(59-38-22-36(55-10)43(30(8)57-38)60-37-21-35(54-9)40(50)29(7)56-37)25(3)13-12-14-33-45(51)61-44-39(49)28(6)19-34(46(52)58-32)48(33,44)53/h12-15,17-19,24-25,27,29-32,34-45,49-51,53H,11,16,20-23H2,1-10H3/b13-12-,26-15-,33-14-/t24-,25-,27-,29-,30-,31+,32-,34-,35-,36-,37-,38-,39+,40-,41-,42+,43-,44+,45?,47+,48+/m0/s1. The Balaban J connectivity index is 1.20. The quantitative estimate of drug-likeness (QED) is 0.194. The second kappa shape index (κ2) is 19.9. The number of methoxy groups -OCH3 is 2. The van der Waals surface area contributed by atoms with E-state index in [-0.39, 0.29) is 35.9 Å². The van der Waals surface area contributed by atoms with Gasteiger partial charge in [-0.05, 0) is 57.3 Å². The number of hydrogen-bond donors (Lipinski definition) is 4. The molecule has 0 aromatic heterocycles. The van der Waals surface area contributed by atoms with Crippen molar-refractivity contribution in [3.05, 3.63) is 59.3 Å². The minimum atomic E-state index is -2.11. The molecule has 1 spiro atoms. The van der Waals surface area contributed by atoms with Crippen molar-refractivity contribution in [2.24, 2.45) is 23.7 Å². The molecule has 7 aliphatic rings. The fourth-order valence-electron chi connectivity index (χ4n) is 10.6. The molecule has 15 heteroatoms. The molecule has 63 heavy (non-hydrogen) atoms. The molecule has 354 valence electrons. The Morgan fingerprint density at radius 3 is 2.27 bits per heavy atom. The van der Waals surface area contributed by atoms with Crippen molar-refractivity contribution < 1.29 is 72.6 Å². The maximum atomic E-state index is 14.4. The third kappa shape index (κ3) is 9.88. The van der Waals surface area contributed by atoms with Gasteiger partial charge < -0.3 is 67.8 Å². The normalized spacial score (nSPS) is 49.7. The average molecular weight is 889 g/mol. The van der Waals surface area contributed by atoms with E-state index >= 15 is 0 Å². The van der Waals surface area contributed by atoms with Gasteiger partial charge in [0.25, 0.3) is 0 Å². The second-order valence-electron chi connectivity index (χ2n) is 19.1. The zero-order valence-corrected chi connectivity index (χ0v) is 38.5. The molecule has 0 saturated carbocycles. The molecule has 4 N–H and O–H groups in total. The van der Waals surface area contributed by atoms with E-state index in [1.165, 1.54) is 6.08 Å². The number of aliphatic hydroxyl groups excluding tert-OH is 3. The first-order chi connectivity index (χ1) is 29.9. The van der Waals surface area contributed by atoms with Crippen molar-refractivity contribution in [2.45, 2.75) is 197 Å². The predicted octanol–water partition coefficient (Wildman–Crippen LogP) is 4.70. The van der Waals surface area contributed by atoms with Crippen LogP contribution in [0.5, 0.6) is 0 Å². The highest BCUT2D eigenvalue weighted by atomic mass is 16.7. The lowest BCUT2D eigenvalue weighted by Gasteiger charge is -2.48. The maximum absolute atomic E-state index is 14.4. The number of carbonyl (C=O) groups is 1. The monoisotopic (exact) mass is 888 g/mol. The molecule has 15 nitrogen and oxygen atoms in total.